The van der Waals surface area contributed by atoms with Crippen molar-refractivity contribution in [2.75, 3.05) is 23.3 Å². The number of anilines is 2. The Hall–Kier alpha value is -1.32. The maximum Gasteiger partial charge on any atom is 0.137 e. The molecule has 0 bridgehead atoms. The maximum atomic E-state index is 4.78. The minimum atomic E-state index is 0.625. The predicted octanol–water partition coefficient (Wildman–Crippen LogP) is 4.07. The lowest BCUT2D eigenvalue weighted by atomic mass is 10.1. The standard InChI is InChI=1S/C17H30N4/c1-5-11-18-16-13(3)17(20-14(4)19-16)21-12-9-7-8-10-15(21)6-2/h15H,5-12H2,1-4H3,(H,18,19,20). The number of rotatable bonds is 5. The first kappa shape index (κ1) is 16.1. The number of hydrogen-bond acceptors (Lipinski definition) is 4. The monoisotopic (exact) mass is 290 g/mol. The molecule has 1 fully saturated rings. The van der Waals surface area contributed by atoms with Crippen LogP contribution >= 0.6 is 0 Å². The molecular weight excluding hydrogens is 260 g/mol. The Morgan fingerprint density at radius 3 is 2.67 bits per heavy atom. The Bertz CT molecular complexity index is 458. The summed E-state index contributed by atoms with van der Waals surface area (Å²) in [6.45, 7) is 10.7. The first-order valence-electron chi connectivity index (χ1n) is 8.53. The van der Waals surface area contributed by atoms with Gasteiger partial charge in [-0.2, -0.15) is 0 Å². The van der Waals surface area contributed by atoms with Gasteiger partial charge in [0.25, 0.3) is 0 Å². The minimum Gasteiger partial charge on any atom is -0.370 e. The van der Waals surface area contributed by atoms with Crippen LogP contribution in [0.3, 0.4) is 0 Å². The van der Waals surface area contributed by atoms with Gasteiger partial charge in [0.05, 0.1) is 0 Å². The minimum absolute atomic E-state index is 0.625. The molecule has 0 spiro atoms. The van der Waals surface area contributed by atoms with Crippen LogP contribution in [0.2, 0.25) is 0 Å². The summed E-state index contributed by atoms with van der Waals surface area (Å²) in [5.74, 6) is 3.03. The summed E-state index contributed by atoms with van der Waals surface area (Å²) >= 11 is 0. The third kappa shape index (κ3) is 3.86. The van der Waals surface area contributed by atoms with Crippen LogP contribution in [0.25, 0.3) is 0 Å². The molecule has 0 aliphatic carbocycles. The lowest BCUT2D eigenvalue weighted by Gasteiger charge is -2.32. The van der Waals surface area contributed by atoms with Gasteiger partial charge in [-0.1, -0.05) is 26.7 Å². The summed E-state index contributed by atoms with van der Waals surface area (Å²) in [5, 5.41) is 3.45. The van der Waals surface area contributed by atoms with Crippen LogP contribution in [-0.2, 0) is 0 Å². The van der Waals surface area contributed by atoms with Crippen LogP contribution in [0.4, 0.5) is 11.6 Å². The summed E-state index contributed by atoms with van der Waals surface area (Å²) < 4.78 is 0. The summed E-state index contributed by atoms with van der Waals surface area (Å²) in [5.41, 5.74) is 1.20. The molecule has 1 atom stereocenters. The van der Waals surface area contributed by atoms with E-state index in [0.717, 1.165) is 37.0 Å². The molecular formula is C17H30N4. The molecule has 1 aromatic rings. The molecule has 1 N–H and O–H groups in total. The molecule has 4 nitrogen and oxygen atoms in total. The van der Waals surface area contributed by atoms with E-state index >= 15 is 0 Å². The van der Waals surface area contributed by atoms with E-state index in [1.54, 1.807) is 0 Å². The van der Waals surface area contributed by atoms with Gasteiger partial charge >= 0.3 is 0 Å². The Kier molecular flexibility index (Phi) is 5.83. The van der Waals surface area contributed by atoms with Gasteiger partial charge in [0, 0.05) is 24.7 Å². The first-order valence-corrected chi connectivity index (χ1v) is 8.53. The molecule has 0 saturated carbocycles. The summed E-state index contributed by atoms with van der Waals surface area (Å²) in [6.07, 6.45) is 7.56. The Morgan fingerprint density at radius 1 is 1.14 bits per heavy atom. The zero-order valence-corrected chi connectivity index (χ0v) is 14.1. The second-order valence-corrected chi connectivity index (χ2v) is 6.10. The summed E-state index contributed by atoms with van der Waals surface area (Å²) in [7, 11) is 0. The normalized spacial score (nSPS) is 19.4. The molecule has 0 aromatic carbocycles. The van der Waals surface area contributed by atoms with Crippen LogP contribution in [0.15, 0.2) is 0 Å². The van der Waals surface area contributed by atoms with Gasteiger partial charge in [-0.25, -0.2) is 9.97 Å². The highest BCUT2D eigenvalue weighted by molar-refractivity contribution is 5.59. The molecule has 21 heavy (non-hydrogen) atoms. The second-order valence-electron chi connectivity index (χ2n) is 6.10. The van der Waals surface area contributed by atoms with Crippen LogP contribution in [-0.4, -0.2) is 29.1 Å². The molecule has 1 aliphatic heterocycles. The SMILES string of the molecule is CCCNc1nc(C)nc(N2CCCCCC2CC)c1C. The van der Waals surface area contributed by atoms with Crippen LogP contribution in [0, 0.1) is 13.8 Å². The third-order valence-corrected chi connectivity index (χ3v) is 4.39. The van der Waals surface area contributed by atoms with Crippen molar-refractivity contribution < 1.29 is 0 Å². The fraction of sp³-hybridized carbons (Fsp3) is 0.765. The van der Waals surface area contributed by atoms with Gasteiger partial charge in [0.1, 0.15) is 17.5 Å². The number of hydrogen-bond donors (Lipinski definition) is 1. The number of nitrogens with one attached hydrogen (secondary N) is 1. The molecule has 1 aliphatic rings. The molecule has 0 radical (unpaired) electrons. The van der Waals surface area contributed by atoms with Gasteiger partial charge in [-0.15, -0.1) is 0 Å². The van der Waals surface area contributed by atoms with E-state index in [0.29, 0.717) is 6.04 Å². The van der Waals surface area contributed by atoms with Crippen molar-refractivity contribution in [2.24, 2.45) is 0 Å². The maximum absolute atomic E-state index is 4.78. The zero-order valence-electron chi connectivity index (χ0n) is 14.1. The molecule has 1 aromatic heterocycles. The summed E-state index contributed by atoms with van der Waals surface area (Å²) in [6, 6.07) is 0.625. The van der Waals surface area contributed by atoms with Crippen molar-refractivity contribution in [2.45, 2.75) is 72.3 Å². The van der Waals surface area contributed by atoms with Crippen molar-refractivity contribution in [3.05, 3.63) is 11.4 Å². The second kappa shape index (κ2) is 7.62. The number of nitrogens with zero attached hydrogens (tertiary/aromatic N) is 3. The van der Waals surface area contributed by atoms with E-state index < -0.39 is 0 Å². The fourth-order valence-electron chi connectivity index (χ4n) is 3.19. The van der Waals surface area contributed by atoms with Crippen LogP contribution in [0.5, 0.6) is 0 Å². The van der Waals surface area contributed by atoms with Crippen molar-refractivity contribution >= 4 is 11.6 Å². The lowest BCUT2D eigenvalue weighted by molar-refractivity contribution is 0.550. The molecule has 0 amide bonds. The average Bonchev–Trinajstić information content (AvgIpc) is 2.72. The molecule has 2 rings (SSSR count). The van der Waals surface area contributed by atoms with Gasteiger partial charge in [0.2, 0.25) is 0 Å². The largest absolute Gasteiger partial charge is 0.370 e. The molecule has 4 heteroatoms. The van der Waals surface area contributed by atoms with E-state index in [2.05, 4.69) is 36.0 Å². The van der Waals surface area contributed by atoms with Crippen molar-refractivity contribution in [1.82, 2.24) is 9.97 Å². The van der Waals surface area contributed by atoms with Crippen molar-refractivity contribution in [3.8, 4) is 0 Å². The fourth-order valence-corrected chi connectivity index (χ4v) is 3.19. The van der Waals surface area contributed by atoms with E-state index in [1.807, 2.05) is 6.92 Å². The van der Waals surface area contributed by atoms with Gasteiger partial charge < -0.3 is 10.2 Å². The Labute approximate surface area is 129 Å². The number of aromatic nitrogens is 2. The molecule has 2 heterocycles. The van der Waals surface area contributed by atoms with E-state index in [-0.39, 0.29) is 0 Å². The smallest absolute Gasteiger partial charge is 0.137 e. The van der Waals surface area contributed by atoms with Gasteiger partial charge in [-0.3, -0.25) is 0 Å². The van der Waals surface area contributed by atoms with Crippen molar-refractivity contribution in [1.29, 1.82) is 0 Å². The topological polar surface area (TPSA) is 41.1 Å². The average molecular weight is 290 g/mol. The zero-order chi connectivity index (χ0) is 15.2. The Balaban J connectivity index is 2.33. The molecule has 1 saturated heterocycles. The Morgan fingerprint density at radius 2 is 1.95 bits per heavy atom. The first-order chi connectivity index (χ1) is 10.2. The van der Waals surface area contributed by atoms with Crippen molar-refractivity contribution in [3.63, 3.8) is 0 Å². The van der Waals surface area contributed by atoms with Gasteiger partial charge in [0.15, 0.2) is 0 Å². The molecule has 118 valence electrons. The number of aryl methyl sites for hydroxylation is 1. The van der Waals surface area contributed by atoms with E-state index in [9.17, 15) is 0 Å². The highest BCUT2D eigenvalue weighted by Crippen LogP contribution is 2.29. The van der Waals surface area contributed by atoms with Crippen LogP contribution < -0.4 is 10.2 Å². The van der Waals surface area contributed by atoms with E-state index in [4.69, 9.17) is 4.98 Å². The predicted molar refractivity (Wildman–Crippen MR) is 90.2 cm³/mol. The van der Waals surface area contributed by atoms with Gasteiger partial charge in [-0.05, 0) is 39.5 Å². The quantitative estimate of drug-likeness (QED) is 0.887. The summed E-state index contributed by atoms with van der Waals surface area (Å²) in [4.78, 5) is 11.9. The lowest BCUT2D eigenvalue weighted by Crippen LogP contribution is -2.36. The van der Waals surface area contributed by atoms with E-state index in [1.165, 1.54) is 37.7 Å². The van der Waals surface area contributed by atoms with Crippen LogP contribution in [0.1, 0.15) is 63.8 Å². The highest BCUT2D eigenvalue weighted by atomic mass is 15.2. The third-order valence-electron chi connectivity index (χ3n) is 4.39. The molecule has 1 unspecified atom stereocenters. The highest BCUT2D eigenvalue weighted by Gasteiger charge is 2.23.